The van der Waals surface area contributed by atoms with E-state index in [0.717, 1.165) is 0 Å². The highest BCUT2D eigenvalue weighted by molar-refractivity contribution is 6.62. The Kier molecular flexibility index (Phi) is 7.76. The second kappa shape index (κ2) is 7.92. The maximum Gasteiger partial charge on any atom is 0.530 e. The predicted octanol–water partition coefficient (Wildman–Crippen LogP) is 2.12. The quantitative estimate of drug-likeness (QED) is 0.454. The fraction of sp³-hybridized carbons (Fsp3) is 1.00. The van der Waals surface area contributed by atoms with Crippen molar-refractivity contribution in [2.45, 2.75) is 39.8 Å². The molecule has 0 rings (SSSR count). The predicted molar refractivity (Wildman–Crippen MR) is 60.5 cm³/mol. The second-order valence-electron chi connectivity index (χ2n) is 2.93. The van der Waals surface area contributed by atoms with Gasteiger partial charge in [0.1, 0.15) is 0 Å². The van der Waals surface area contributed by atoms with E-state index >= 15 is 0 Å². The molecule has 1 atom stereocenters. The van der Waals surface area contributed by atoms with Crippen molar-refractivity contribution in [3.05, 3.63) is 4.91 Å². The molecule has 0 N–H and O–H groups in total. The van der Waals surface area contributed by atoms with Gasteiger partial charge in [0.25, 0.3) is 0 Å². The van der Waals surface area contributed by atoms with E-state index in [4.69, 9.17) is 13.3 Å². The van der Waals surface area contributed by atoms with Crippen LogP contribution < -0.4 is 0 Å². The van der Waals surface area contributed by atoms with Crippen molar-refractivity contribution in [1.29, 1.82) is 0 Å². The summed E-state index contributed by atoms with van der Waals surface area (Å²) in [6.07, 6.45) is 0.579. The fourth-order valence-electron chi connectivity index (χ4n) is 1.41. The Hall–Kier alpha value is -0.303. The van der Waals surface area contributed by atoms with Gasteiger partial charge in [-0.1, -0.05) is 12.1 Å². The molecule has 0 saturated carbocycles. The van der Waals surface area contributed by atoms with Crippen LogP contribution in [-0.4, -0.2) is 34.3 Å². The molecule has 0 radical (unpaired) electrons. The highest BCUT2D eigenvalue weighted by atomic mass is 28.4. The van der Waals surface area contributed by atoms with Crippen molar-refractivity contribution >= 4 is 8.80 Å². The normalized spacial score (nSPS) is 13.9. The van der Waals surface area contributed by atoms with Crippen molar-refractivity contribution in [3.8, 4) is 0 Å². The van der Waals surface area contributed by atoms with Crippen LogP contribution in [0.5, 0.6) is 0 Å². The molecule has 0 aromatic heterocycles. The summed E-state index contributed by atoms with van der Waals surface area (Å²) < 4.78 is 16.7. The summed E-state index contributed by atoms with van der Waals surface area (Å²) in [5, 5.41) is 3.07. The van der Waals surface area contributed by atoms with Crippen LogP contribution >= 0.6 is 0 Å². The molecule has 1 unspecified atom stereocenters. The van der Waals surface area contributed by atoms with Crippen molar-refractivity contribution in [3.63, 3.8) is 0 Å². The average Bonchev–Trinajstić information content (AvgIpc) is 2.20. The van der Waals surface area contributed by atoms with Crippen LogP contribution in [0.25, 0.3) is 0 Å². The van der Waals surface area contributed by atoms with E-state index in [2.05, 4.69) is 5.18 Å². The van der Waals surface area contributed by atoms with Crippen molar-refractivity contribution in [2.75, 3.05) is 19.8 Å². The van der Waals surface area contributed by atoms with E-state index in [1.54, 1.807) is 0 Å². The first-order valence-electron chi connectivity index (χ1n) is 5.44. The first-order valence-corrected chi connectivity index (χ1v) is 7.25. The standard InChI is InChI=1S/C9H21NO4Si/c1-5-9(10-11)15(12-6-2,13-7-3)14-8-4/h9H,5-8H2,1-4H3. The lowest BCUT2D eigenvalue weighted by Crippen LogP contribution is -2.55. The maximum atomic E-state index is 10.8. The van der Waals surface area contributed by atoms with E-state index in [-0.39, 0.29) is 0 Å². The highest BCUT2D eigenvalue weighted by Crippen LogP contribution is 2.20. The molecule has 90 valence electrons. The van der Waals surface area contributed by atoms with Crippen LogP contribution in [0.4, 0.5) is 0 Å². The molecule has 0 bridgehead atoms. The summed E-state index contributed by atoms with van der Waals surface area (Å²) in [7, 11) is -2.90. The molecular weight excluding hydrogens is 214 g/mol. The molecule has 0 amide bonds. The van der Waals surface area contributed by atoms with Crippen LogP contribution in [0.1, 0.15) is 34.1 Å². The number of nitroso groups, excluding NO2 is 1. The van der Waals surface area contributed by atoms with Crippen LogP contribution in [0, 0.1) is 4.91 Å². The molecule has 0 aromatic carbocycles. The zero-order valence-corrected chi connectivity index (χ0v) is 11.0. The lowest BCUT2D eigenvalue weighted by molar-refractivity contribution is 0.0619. The molecule has 0 aromatic rings. The molecule has 0 saturated heterocycles. The fourth-order valence-corrected chi connectivity index (χ4v) is 4.07. The lowest BCUT2D eigenvalue weighted by Gasteiger charge is -2.30. The van der Waals surface area contributed by atoms with Gasteiger partial charge in [-0.05, 0) is 27.2 Å². The molecule has 0 aliphatic carbocycles. The Labute approximate surface area is 92.4 Å². The maximum absolute atomic E-state index is 10.8. The van der Waals surface area contributed by atoms with E-state index < -0.39 is 14.5 Å². The minimum absolute atomic E-state index is 0.470. The Balaban J connectivity index is 4.79. The van der Waals surface area contributed by atoms with Gasteiger partial charge in [0.15, 0.2) is 5.67 Å². The van der Waals surface area contributed by atoms with Crippen LogP contribution in [0.3, 0.4) is 0 Å². The third-order valence-corrected chi connectivity index (χ3v) is 5.36. The first kappa shape index (κ1) is 14.7. The third kappa shape index (κ3) is 3.98. The van der Waals surface area contributed by atoms with Crippen LogP contribution in [0.15, 0.2) is 5.18 Å². The summed E-state index contributed by atoms with van der Waals surface area (Å²) in [5.74, 6) is 0. The summed E-state index contributed by atoms with van der Waals surface area (Å²) in [4.78, 5) is 10.8. The largest absolute Gasteiger partial charge is 0.530 e. The molecular formula is C9H21NO4Si. The van der Waals surface area contributed by atoms with Crippen molar-refractivity contribution in [2.24, 2.45) is 5.18 Å². The third-order valence-electron chi connectivity index (χ3n) is 1.96. The average molecular weight is 235 g/mol. The number of hydrogen-bond donors (Lipinski definition) is 0. The van der Waals surface area contributed by atoms with E-state index in [1.165, 1.54) is 0 Å². The van der Waals surface area contributed by atoms with Gasteiger partial charge in [-0.25, -0.2) is 0 Å². The highest BCUT2D eigenvalue weighted by Gasteiger charge is 2.50. The number of rotatable bonds is 9. The van der Waals surface area contributed by atoms with Gasteiger partial charge in [0, 0.05) is 19.8 Å². The van der Waals surface area contributed by atoms with Gasteiger partial charge in [-0.2, -0.15) is 4.91 Å². The SMILES string of the molecule is CCO[Si](OCC)(OCC)C(CC)N=O. The Morgan fingerprint density at radius 1 is 1.00 bits per heavy atom. The van der Waals surface area contributed by atoms with E-state index in [0.29, 0.717) is 26.2 Å². The summed E-state index contributed by atoms with van der Waals surface area (Å²) >= 11 is 0. The summed E-state index contributed by atoms with van der Waals surface area (Å²) in [6, 6.07) is 0. The Bertz CT molecular complexity index is 162. The monoisotopic (exact) mass is 235 g/mol. The Morgan fingerprint density at radius 3 is 1.60 bits per heavy atom. The summed E-state index contributed by atoms with van der Waals surface area (Å²) in [5.41, 5.74) is -0.502. The van der Waals surface area contributed by atoms with Crippen LogP contribution in [-0.2, 0) is 13.3 Å². The number of hydrogen-bond acceptors (Lipinski definition) is 5. The Morgan fingerprint density at radius 2 is 1.40 bits per heavy atom. The topological polar surface area (TPSA) is 57.1 Å². The van der Waals surface area contributed by atoms with Crippen LogP contribution in [0.2, 0.25) is 0 Å². The molecule has 5 nitrogen and oxygen atoms in total. The smallest absolute Gasteiger partial charge is 0.372 e. The van der Waals surface area contributed by atoms with Gasteiger partial charge < -0.3 is 13.3 Å². The molecule has 15 heavy (non-hydrogen) atoms. The van der Waals surface area contributed by atoms with Gasteiger partial charge in [-0.15, -0.1) is 0 Å². The minimum Gasteiger partial charge on any atom is -0.372 e. The zero-order valence-electron chi connectivity index (χ0n) is 9.99. The van der Waals surface area contributed by atoms with E-state index in [1.807, 2.05) is 27.7 Å². The van der Waals surface area contributed by atoms with Gasteiger partial charge in [-0.3, -0.25) is 0 Å². The van der Waals surface area contributed by atoms with Gasteiger partial charge in [0.05, 0.1) is 0 Å². The minimum atomic E-state index is -2.90. The van der Waals surface area contributed by atoms with Gasteiger partial charge >= 0.3 is 8.80 Å². The van der Waals surface area contributed by atoms with Crippen molar-refractivity contribution < 1.29 is 13.3 Å². The molecule has 0 aliphatic rings. The number of nitrogens with zero attached hydrogens (tertiary/aromatic N) is 1. The molecule has 0 heterocycles. The summed E-state index contributed by atoms with van der Waals surface area (Å²) in [6.45, 7) is 8.87. The van der Waals surface area contributed by atoms with Crippen molar-refractivity contribution in [1.82, 2.24) is 0 Å². The zero-order chi connectivity index (χ0) is 11.7. The van der Waals surface area contributed by atoms with E-state index in [9.17, 15) is 4.91 Å². The lowest BCUT2D eigenvalue weighted by atomic mass is 10.5. The van der Waals surface area contributed by atoms with Gasteiger partial charge in [0.2, 0.25) is 0 Å². The molecule has 0 spiro atoms. The second-order valence-corrected chi connectivity index (χ2v) is 5.67. The molecule has 0 fully saturated rings. The molecule has 0 aliphatic heterocycles. The molecule has 6 heteroatoms. The first-order chi connectivity index (χ1) is 7.20.